The van der Waals surface area contributed by atoms with Crippen molar-refractivity contribution >= 4 is 27.5 Å². The predicted octanol–water partition coefficient (Wildman–Crippen LogP) is 4.54. The van der Waals surface area contributed by atoms with Gasteiger partial charge in [-0.2, -0.15) is 0 Å². The molecule has 0 aliphatic rings. The maximum absolute atomic E-state index is 14.0. The Morgan fingerprint density at radius 1 is 0.929 bits per heavy atom. The van der Waals surface area contributed by atoms with Gasteiger partial charge in [-0.05, 0) is 67.3 Å². The molecule has 0 saturated carbocycles. The quantitative estimate of drug-likeness (QED) is 0.310. The van der Waals surface area contributed by atoms with Gasteiger partial charge >= 0.3 is 0 Å². The lowest BCUT2D eigenvalue weighted by Gasteiger charge is -2.32. The van der Waals surface area contributed by atoms with Crippen LogP contribution in [-0.4, -0.2) is 58.5 Å². The molecule has 1 N–H and O–H groups in total. The van der Waals surface area contributed by atoms with Crippen molar-refractivity contribution in [1.29, 1.82) is 0 Å². The maximum Gasteiger partial charge on any atom is 0.264 e. The van der Waals surface area contributed by atoms with E-state index in [4.69, 9.17) is 9.47 Å². The second-order valence-corrected chi connectivity index (χ2v) is 12.1. The Bertz CT molecular complexity index is 1490. The number of benzene rings is 3. The highest BCUT2D eigenvalue weighted by Gasteiger charge is 2.33. The number of amides is 2. The number of sulfonamides is 1. The van der Waals surface area contributed by atoms with Crippen molar-refractivity contribution in [2.45, 2.75) is 45.2 Å². The fraction of sp³-hybridized carbons (Fsp3) is 0.355. The molecule has 0 spiro atoms. The third kappa shape index (κ3) is 7.79. The Labute approximate surface area is 247 Å². The number of ether oxygens (including phenoxy) is 2. The number of halogens is 1. The molecule has 3 aromatic carbocycles. The summed E-state index contributed by atoms with van der Waals surface area (Å²) in [7, 11) is -1.57. The largest absolute Gasteiger partial charge is 0.493 e. The molecule has 0 aliphatic carbocycles. The van der Waals surface area contributed by atoms with E-state index in [9.17, 15) is 22.4 Å². The smallest absolute Gasteiger partial charge is 0.264 e. The fourth-order valence-electron chi connectivity index (χ4n) is 4.25. The number of methoxy groups -OCH3 is 2. The van der Waals surface area contributed by atoms with Crippen molar-refractivity contribution in [2.24, 2.45) is 5.92 Å². The van der Waals surface area contributed by atoms with Gasteiger partial charge in [0.25, 0.3) is 10.0 Å². The average Bonchev–Trinajstić information content (AvgIpc) is 2.97. The summed E-state index contributed by atoms with van der Waals surface area (Å²) in [4.78, 5) is 28.3. The maximum atomic E-state index is 14.0. The third-order valence-electron chi connectivity index (χ3n) is 6.79. The zero-order valence-electron chi connectivity index (χ0n) is 24.8. The molecule has 1 atom stereocenters. The van der Waals surface area contributed by atoms with Gasteiger partial charge in [0.15, 0.2) is 11.5 Å². The van der Waals surface area contributed by atoms with Crippen LogP contribution >= 0.6 is 0 Å². The van der Waals surface area contributed by atoms with Crippen LogP contribution in [0.15, 0.2) is 71.6 Å². The first kappa shape index (κ1) is 32.4. The Hall–Kier alpha value is -4.12. The van der Waals surface area contributed by atoms with Crippen LogP contribution in [0.1, 0.15) is 31.9 Å². The molecule has 42 heavy (non-hydrogen) atoms. The standard InChI is InChI=1S/C31H38FN3O6S/c1-21(2)18-33-31(37)23(4)34(19-24-10-8-7-9-22(24)3)30(36)20-35(26-13-11-25(32)12-14-26)42(38,39)27-15-16-28(40-5)29(17-27)41-6/h7-17,21,23H,18-20H2,1-6H3,(H,33,37)/t23-/m0/s1. The summed E-state index contributed by atoms with van der Waals surface area (Å²) in [5.41, 5.74) is 1.80. The lowest BCUT2D eigenvalue weighted by atomic mass is 10.1. The van der Waals surface area contributed by atoms with Crippen LogP contribution < -0.4 is 19.1 Å². The Kier molecular flexibility index (Phi) is 10.9. The van der Waals surface area contributed by atoms with E-state index in [1.54, 1.807) is 6.92 Å². The van der Waals surface area contributed by atoms with Crippen molar-refractivity contribution in [3.8, 4) is 11.5 Å². The number of carbonyl (C=O) groups is 2. The van der Waals surface area contributed by atoms with Crippen molar-refractivity contribution in [2.75, 3.05) is 31.6 Å². The van der Waals surface area contributed by atoms with Gasteiger partial charge in [0, 0.05) is 19.2 Å². The molecule has 3 aromatic rings. The summed E-state index contributed by atoms with van der Waals surface area (Å²) in [5.74, 6) is -0.833. The summed E-state index contributed by atoms with van der Waals surface area (Å²) in [6, 6.07) is 15.4. The van der Waals surface area contributed by atoms with E-state index in [1.807, 2.05) is 45.0 Å². The van der Waals surface area contributed by atoms with Crippen LogP contribution in [0.25, 0.3) is 0 Å². The molecule has 0 radical (unpaired) electrons. The molecule has 0 fully saturated rings. The molecule has 0 unspecified atom stereocenters. The van der Waals surface area contributed by atoms with E-state index in [2.05, 4.69) is 5.32 Å². The lowest BCUT2D eigenvalue weighted by Crippen LogP contribution is -2.51. The highest BCUT2D eigenvalue weighted by molar-refractivity contribution is 7.92. The molecule has 0 bridgehead atoms. The van der Waals surface area contributed by atoms with Gasteiger partial charge in [-0.3, -0.25) is 13.9 Å². The van der Waals surface area contributed by atoms with E-state index < -0.39 is 34.3 Å². The average molecular weight is 600 g/mol. The topological polar surface area (TPSA) is 105 Å². The van der Waals surface area contributed by atoms with Crippen molar-refractivity contribution in [1.82, 2.24) is 10.2 Å². The summed E-state index contributed by atoms with van der Waals surface area (Å²) in [5, 5.41) is 2.86. The summed E-state index contributed by atoms with van der Waals surface area (Å²) >= 11 is 0. The number of nitrogens with one attached hydrogen (secondary N) is 1. The van der Waals surface area contributed by atoms with Crippen LogP contribution in [0.5, 0.6) is 11.5 Å². The minimum atomic E-state index is -4.37. The number of nitrogens with zero attached hydrogens (tertiary/aromatic N) is 2. The Morgan fingerprint density at radius 2 is 1.57 bits per heavy atom. The summed E-state index contributed by atoms with van der Waals surface area (Å²) in [6.45, 7) is 7.28. The molecule has 2 amide bonds. The van der Waals surface area contributed by atoms with Gasteiger partial charge in [0.2, 0.25) is 11.8 Å². The van der Waals surface area contributed by atoms with E-state index in [-0.39, 0.29) is 34.7 Å². The van der Waals surface area contributed by atoms with Gasteiger partial charge in [-0.1, -0.05) is 38.1 Å². The Morgan fingerprint density at radius 3 is 2.17 bits per heavy atom. The zero-order chi connectivity index (χ0) is 31.0. The zero-order valence-corrected chi connectivity index (χ0v) is 25.6. The number of hydrogen-bond donors (Lipinski definition) is 1. The van der Waals surface area contributed by atoms with E-state index in [0.29, 0.717) is 12.3 Å². The molecule has 9 nitrogen and oxygen atoms in total. The SMILES string of the molecule is COc1ccc(S(=O)(=O)N(CC(=O)N(Cc2ccccc2C)[C@@H](C)C(=O)NCC(C)C)c2ccc(F)cc2)cc1OC. The molecule has 0 saturated heterocycles. The first-order chi connectivity index (χ1) is 19.9. The molecular formula is C31H38FN3O6S. The van der Waals surface area contributed by atoms with Gasteiger partial charge in [0.05, 0.1) is 24.8 Å². The lowest BCUT2D eigenvalue weighted by molar-refractivity contribution is -0.139. The molecule has 226 valence electrons. The highest BCUT2D eigenvalue weighted by atomic mass is 32.2. The first-order valence-electron chi connectivity index (χ1n) is 13.5. The fourth-order valence-corrected chi connectivity index (χ4v) is 5.68. The molecule has 0 heterocycles. The molecule has 11 heteroatoms. The van der Waals surface area contributed by atoms with Crippen LogP contribution in [0, 0.1) is 18.7 Å². The monoisotopic (exact) mass is 599 g/mol. The first-order valence-corrected chi connectivity index (χ1v) is 14.9. The number of rotatable bonds is 13. The van der Waals surface area contributed by atoms with Gasteiger partial charge in [0.1, 0.15) is 18.4 Å². The second-order valence-electron chi connectivity index (χ2n) is 10.3. The molecule has 0 aliphatic heterocycles. The second kappa shape index (κ2) is 14.2. The normalized spacial score (nSPS) is 12.0. The predicted molar refractivity (Wildman–Crippen MR) is 160 cm³/mol. The van der Waals surface area contributed by atoms with Crippen LogP contribution in [0.2, 0.25) is 0 Å². The summed E-state index contributed by atoms with van der Waals surface area (Å²) in [6.07, 6.45) is 0. The van der Waals surface area contributed by atoms with Crippen molar-refractivity contribution in [3.05, 3.63) is 83.7 Å². The van der Waals surface area contributed by atoms with Gasteiger partial charge in [-0.25, -0.2) is 12.8 Å². The minimum Gasteiger partial charge on any atom is -0.493 e. The van der Waals surface area contributed by atoms with E-state index in [1.165, 1.54) is 49.5 Å². The van der Waals surface area contributed by atoms with Crippen LogP contribution in [0.3, 0.4) is 0 Å². The van der Waals surface area contributed by atoms with E-state index >= 15 is 0 Å². The Balaban J connectivity index is 2.06. The number of anilines is 1. The number of aryl methyl sites for hydroxylation is 1. The van der Waals surface area contributed by atoms with E-state index in [0.717, 1.165) is 27.6 Å². The highest BCUT2D eigenvalue weighted by Crippen LogP contribution is 2.32. The van der Waals surface area contributed by atoms with Gasteiger partial charge in [-0.15, -0.1) is 0 Å². The molecular weight excluding hydrogens is 561 g/mol. The van der Waals surface area contributed by atoms with Crippen molar-refractivity contribution in [3.63, 3.8) is 0 Å². The number of hydrogen-bond acceptors (Lipinski definition) is 6. The van der Waals surface area contributed by atoms with Crippen LogP contribution in [0.4, 0.5) is 10.1 Å². The van der Waals surface area contributed by atoms with Crippen molar-refractivity contribution < 1.29 is 31.9 Å². The van der Waals surface area contributed by atoms with Gasteiger partial charge < -0.3 is 19.7 Å². The number of carbonyl (C=O) groups excluding carboxylic acids is 2. The minimum absolute atomic E-state index is 0.0762. The summed E-state index contributed by atoms with van der Waals surface area (Å²) < 4.78 is 53.3. The van der Waals surface area contributed by atoms with Crippen LogP contribution in [-0.2, 0) is 26.2 Å². The molecule has 3 rings (SSSR count). The third-order valence-corrected chi connectivity index (χ3v) is 8.56. The molecule has 0 aromatic heterocycles.